The highest BCUT2D eigenvalue weighted by atomic mass is 35.5. The molecule has 0 saturated heterocycles. The second-order valence-corrected chi connectivity index (χ2v) is 2.37. The maximum atomic E-state index is 5.53. The molecule has 0 radical (unpaired) electrons. The Morgan fingerprint density at radius 1 is 1.17 bits per heavy atom. The van der Waals surface area contributed by atoms with Crippen molar-refractivity contribution in [1.29, 1.82) is 0 Å². The summed E-state index contributed by atoms with van der Waals surface area (Å²) in [6.45, 7) is 0. The molecule has 5 nitrogen and oxygen atoms in total. The van der Waals surface area contributed by atoms with E-state index in [1.54, 1.807) is 12.1 Å². The minimum absolute atomic E-state index is 0.332. The normalized spacial score (nSPS) is 10.1. The van der Waals surface area contributed by atoms with E-state index >= 15 is 0 Å². The van der Waals surface area contributed by atoms with Gasteiger partial charge in [0.05, 0.1) is 0 Å². The van der Waals surface area contributed by atoms with Gasteiger partial charge in [-0.25, -0.2) is 0 Å². The van der Waals surface area contributed by atoms with E-state index in [0.29, 0.717) is 16.7 Å². The maximum Gasteiger partial charge on any atom is 0.267 e. The SMILES string of the molecule is Clc1ccc(-c2nnco2)nn1. The summed E-state index contributed by atoms with van der Waals surface area (Å²) in [5, 5.41) is 14.9. The van der Waals surface area contributed by atoms with Crippen LogP contribution in [0.1, 0.15) is 0 Å². The molecule has 0 fully saturated rings. The predicted molar refractivity (Wildman–Crippen MR) is 40.3 cm³/mol. The lowest BCUT2D eigenvalue weighted by Gasteiger charge is -1.90. The van der Waals surface area contributed by atoms with E-state index in [0.717, 1.165) is 0 Å². The highest BCUT2D eigenvalue weighted by Gasteiger charge is 2.04. The van der Waals surface area contributed by atoms with Crippen molar-refractivity contribution in [3.8, 4) is 11.6 Å². The van der Waals surface area contributed by atoms with Gasteiger partial charge < -0.3 is 4.42 Å². The van der Waals surface area contributed by atoms with E-state index in [4.69, 9.17) is 16.0 Å². The monoisotopic (exact) mass is 182 g/mol. The summed E-state index contributed by atoms with van der Waals surface area (Å²) in [4.78, 5) is 0. The van der Waals surface area contributed by atoms with Crippen molar-refractivity contribution in [1.82, 2.24) is 20.4 Å². The summed E-state index contributed by atoms with van der Waals surface area (Å²) < 4.78 is 4.89. The van der Waals surface area contributed by atoms with Gasteiger partial charge >= 0.3 is 0 Å². The van der Waals surface area contributed by atoms with E-state index in [1.807, 2.05) is 0 Å². The zero-order valence-corrected chi connectivity index (χ0v) is 6.56. The first-order chi connectivity index (χ1) is 5.86. The number of hydrogen-bond acceptors (Lipinski definition) is 5. The van der Waals surface area contributed by atoms with E-state index in [2.05, 4.69) is 20.4 Å². The van der Waals surface area contributed by atoms with Gasteiger partial charge in [-0.2, -0.15) is 0 Å². The summed E-state index contributed by atoms with van der Waals surface area (Å²) in [7, 11) is 0. The second-order valence-electron chi connectivity index (χ2n) is 1.99. The fourth-order valence-corrected chi connectivity index (χ4v) is 0.816. The van der Waals surface area contributed by atoms with Crippen molar-refractivity contribution in [2.45, 2.75) is 0 Å². The molecule has 2 heterocycles. The lowest BCUT2D eigenvalue weighted by Crippen LogP contribution is -1.86. The molecule has 60 valence electrons. The van der Waals surface area contributed by atoms with Crippen LogP contribution in [0, 0.1) is 0 Å². The Kier molecular flexibility index (Phi) is 1.71. The molecule has 2 aromatic rings. The molecule has 0 aliphatic carbocycles. The fraction of sp³-hybridized carbons (Fsp3) is 0. The quantitative estimate of drug-likeness (QED) is 0.663. The minimum atomic E-state index is 0.332. The predicted octanol–water partition coefficient (Wildman–Crippen LogP) is 1.18. The largest absolute Gasteiger partial charge is 0.422 e. The van der Waals surface area contributed by atoms with Gasteiger partial charge in [0.25, 0.3) is 5.89 Å². The molecule has 0 aromatic carbocycles. The molecule has 12 heavy (non-hydrogen) atoms. The van der Waals surface area contributed by atoms with Gasteiger partial charge in [-0.3, -0.25) is 0 Å². The van der Waals surface area contributed by atoms with Crippen molar-refractivity contribution in [3.63, 3.8) is 0 Å². The second kappa shape index (κ2) is 2.86. The number of nitrogens with zero attached hydrogens (tertiary/aromatic N) is 4. The molecule has 2 aromatic heterocycles. The fourth-order valence-electron chi connectivity index (χ4n) is 0.715. The first-order valence-electron chi connectivity index (χ1n) is 3.12. The molecule has 0 spiro atoms. The zero-order chi connectivity index (χ0) is 8.39. The average molecular weight is 183 g/mol. The Balaban J connectivity index is 2.43. The van der Waals surface area contributed by atoms with Gasteiger partial charge in [-0.15, -0.1) is 20.4 Å². The number of rotatable bonds is 1. The lowest BCUT2D eigenvalue weighted by atomic mass is 10.4. The summed E-state index contributed by atoms with van der Waals surface area (Å²) >= 11 is 5.53. The van der Waals surface area contributed by atoms with Crippen LogP contribution in [0.25, 0.3) is 11.6 Å². The molecule has 0 atom stereocenters. The van der Waals surface area contributed by atoms with Gasteiger partial charge in [0.1, 0.15) is 5.69 Å². The van der Waals surface area contributed by atoms with Crippen molar-refractivity contribution in [3.05, 3.63) is 23.7 Å². The summed E-state index contributed by atoms with van der Waals surface area (Å²) in [5.41, 5.74) is 0.511. The van der Waals surface area contributed by atoms with Crippen LogP contribution < -0.4 is 0 Å². The molecule has 0 amide bonds. The number of hydrogen-bond donors (Lipinski definition) is 0. The van der Waals surface area contributed by atoms with Gasteiger partial charge in [0, 0.05) is 0 Å². The molecule has 0 aliphatic heterocycles. The molecule has 0 aliphatic rings. The third kappa shape index (κ3) is 1.26. The van der Waals surface area contributed by atoms with Crippen molar-refractivity contribution < 1.29 is 4.42 Å². The number of aromatic nitrogens is 4. The van der Waals surface area contributed by atoms with E-state index in [1.165, 1.54) is 6.39 Å². The minimum Gasteiger partial charge on any atom is -0.422 e. The highest BCUT2D eigenvalue weighted by molar-refractivity contribution is 6.29. The standard InChI is InChI=1S/C6H3ClN4O/c7-5-2-1-4(9-10-5)6-11-8-3-12-6/h1-3H. The Labute approximate surface area is 72.4 Å². The smallest absolute Gasteiger partial charge is 0.267 e. The van der Waals surface area contributed by atoms with Gasteiger partial charge in [0.15, 0.2) is 5.15 Å². The van der Waals surface area contributed by atoms with Crippen molar-refractivity contribution >= 4 is 11.6 Å². The van der Waals surface area contributed by atoms with Gasteiger partial charge in [-0.05, 0) is 12.1 Å². The zero-order valence-electron chi connectivity index (χ0n) is 5.81. The average Bonchev–Trinajstić information content (AvgIpc) is 2.58. The van der Waals surface area contributed by atoms with Crippen LogP contribution in [-0.2, 0) is 0 Å². The van der Waals surface area contributed by atoms with Crippen LogP contribution >= 0.6 is 11.6 Å². The molecule has 0 N–H and O–H groups in total. The third-order valence-electron chi connectivity index (χ3n) is 1.21. The van der Waals surface area contributed by atoms with Crippen molar-refractivity contribution in [2.75, 3.05) is 0 Å². The van der Waals surface area contributed by atoms with Gasteiger partial charge in [0.2, 0.25) is 6.39 Å². The van der Waals surface area contributed by atoms with E-state index < -0.39 is 0 Å². The first-order valence-corrected chi connectivity index (χ1v) is 3.50. The Morgan fingerprint density at radius 2 is 2.08 bits per heavy atom. The van der Waals surface area contributed by atoms with Crippen LogP contribution in [0.5, 0.6) is 0 Å². The lowest BCUT2D eigenvalue weighted by molar-refractivity contribution is 0.565. The van der Waals surface area contributed by atoms with E-state index in [9.17, 15) is 0 Å². The highest BCUT2D eigenvalue weighted by Crippen LogP contribution is 2.12. The van der Waals surface area contributed by atoms with Crippen LogP contribution in [0.2, 0.25) is 5.15 Å². The molecule has 0 unspecified atom stereocenters. The Morgan fingerprint density at radius 3 is 2.67 bits per heavy atom. The Hall–Kier alpha value is -1.49. The van der Waals surface area contributed by atoms with Crippen LogP contribution in [0.3, 0.4) is 0 Å². The molecule has 0 bridgehead atoms. The topological polar surface area (TPSA) is 64.7 Å². The molecule has 6 heteroatoms. The van der Waals surface area contributed by atoms with Gasteiger partial charge in [-0.1, -0.05) is 11.6 Å². The molecular formula is C6H3ClN4O. The van der Waals surface area contributed by atoms with Crippen molar-refractivity contribution in [2.24, 2.45) is 0 Å². The molecule has 0 saturated carbocycles. The first kappa shape index (κ1) is 7.17. The van der Waals surface area contributed by atoms with Crippen LogP contribution in [0.4, 0.5) is 0 Å². The third-order valence-corrected chi connectivity index (χ3v) is 1.41. The van der Waals surface area contributed by atoms with Crippen LogP contribution in [0.15, 0.2) is 22.9 Å². The number of halogens is 1. The maximum absolute atomic E-state index is 5.53. The summed E-state index contributed by atoms with van der Waals surface area (Å²) in [6.07, 6.45) is 1.23. The summed E-state index contributed by atoms with van der Waals surface area (Å²) in [6, 6.07) is 3.26. The summed E-state index contributed by atoms with van der Waals surface area (Å²) in [5.74, 6) is 0.333. The van der Waals surface area contributed by atoms with Crippen LogP contribution in [-0.4, -0.2) is 20.4 Å². The van der Waals surface area contributed by atoms with E-state index in [-0.39, 0.29) is 0 Å². The Bertz CT molecular complexity index is 358. The molecular weight excluding hydrogens is 180 g/mol. The molecule has 2 rings (SSSR count).